The molecule has 9 heteroatoms. The number of rotatable bonds is 5. The molecule has 0 spiro atoms. The highest BCUT2D eigenvalue weighted by atomic mass is 32.2. The number of aromatic nitrogens is 3. The molecule has 5 rings (SSSR count). The van der Waals surface area contributed by atoms with E-state index in [2.05, 4.69) is 45.3 Å². The average molecular weight is 431 g/mol. The molecule has 1 aromatic heterocycles. The minimum absolute atomic E-state index is 0.0766. The summed E-state index contributed by atoms with van der Waals surface area (Å²) >= 11 is 0. The minimum Gasteiger partial charge on any atom is -0.322 e. The Balaban J connectivity index is 1.37. The van der Waals surface area contributed by atoms with Crippen LogP contribution in [0.3, 0.4) is 0 Å². The SMILES string of the molecule is CC(C)N1CCN(S(=O)(=O)c2nc(Nc3c4c(cc5c3CCC5)CCC4)n[nH]2)CC1. The van der Waals surface area contributed by atoms with Crippen LogP contribution in [0.25, 0.3) is 0 Å². The second kappa shape index (κ2) is 7.62. The Morgan fingerprint density at radius 1 is 1.00 bits per heavy atom. The van der Waals surface area contributed by atoms with Gasteiger partial charge in [-0.3, -0.25) is 4.90 Å². The number of aryl methyl sites for hydroxylation is 2. The summed E-state index contributed by atoms with van der Waals surface area (Å²) in [5.74, 6) is 0.337. The molecule has 0 bridgehead atoms. The van der Waals surface area contributed by atoms with Gasteiger partial charge in [0.15, 0.2) is 0 Å². The van der Waals surface area contributed by atoms with Crippen LogP contribution in [-0.2, 0) is 35.7 Å². The summed E-state index contributed by atoms with van der Waals surface area (Å²) in [4.78, 5) is 6.62. The number of H-pyrrole nitrogens is 1. The van der Waals surface area contributed by atoms with Gasteiger partial charge in [-0.2, -0.15) is 9.29 Å². The van der Waals surface area contributed by atoms with Gasteiger partial charge in [-0.05, 0) is 74.6 Å². The van der Waals surface area contributed by atoms with Crippen molar-refractivity contribution in [3.8, 4) is 0 Å². The van der Waals surface area contributed by atoms with Gasteiger partial charge in [-0.15, -0.1) is 5.10 Å². The summed E-state index contributed by atoms with van der Waals surface area (Å²) < 4.78 is 27.6. The standard InChI is InChI=1S/C21H30N6O2S/c1-14(2)26-9-11-27(12-10-26)30(28,29)21-23-20(24-25-21)22-19-17-7-3-5-15(17)13-16-6-4-8-18(16)19/h13-14H,3-12H2,1-2H3,(H2,22,23,24,25). The molecule has 0 saturated carbocycles. The summed E-state index contributed by atoms with van der Waals surface area (Å²) in [7, 11) is -3.67. The van der Waals surface area contributed by atoms with Crippen LogP contribution in [-0.4, -0.2) is 65.0 Å². The van der Waals surface area contributed by atoms with Crippen molar-refractivity contribution in [1.82, 2.24) is 24.4 Å². The van der Waals surface area contributed by atoms with E-state index in [1.807, 2.05) is 0 Å². The maximum Gasteiger partial charge on any atom is 0.278 e. The molecule has 1 aromatic carbocycles. The van der Waals surface area contributed by atoms with E-state index < -0.39 is 10.0 Å². The fraction of sp³-hybridized carbons (Fsp3) is 0.619. The smallest absolute Gasteiger partial charge is 0.278 e. The van der Waals surface area contributed by atoms with Crippen molar-refractivity contribution in [2.24, 2.45) is 0 Å². The van der Waals surface area contributed by atoms with E-state index in [4.69, 9.17) is 0 Å². The number of hydrogen-bond donors (Lipinski definition) is 2. The Hall–Kier alpha value is -1.97. The summed E-state index contributed by atoms with van der Waals surface area (Å²) in [6, 6.07) is 2.80. The summed E-state index contributed by atoms with van der Waals surface area (Å²) in [6.45, 7) is 6.69. The minimum atomic E-state index is -3.67. The number of fused-ring (bicyclic) bond motifs is 2. The molecule has 8 nitrogen and oxygen atoms in total. The van der Waals surface area contributed by atoms with Crippen molar-refractivity contribution < 1.29 is 8.42 Å². The first-order chi connectivity index (χ1) is 14.4. The quantitative estimate of drug-likeness (QED) is 0.756. The zero-order chi connectivity index (χ0) is 20.9. The fourth-order valence-corrected chi connectivity index (χ4v) is 6.33. The third-order valence-electron chi connectivity index (χ3n) is 6.76. The van der Waals surface area contributed by atoms with E-state index >= 15 is 0 Å². The molecule has 1 aliphatic heterocycles. The predicted molar refractivity (Wildman–Crippen MR) is 116 cm³/mol. The number of nitrogens with one attached hydrogen (secondary N) is 2. The van der Waals surface area contributed by atoms with Crippen LogP contribution in [0.2, 0.25) is 0 Å². The molecule has 2 aliphatic carbocycles. The van der Waals surface area contributed by atoms with E-state index in [1.54, 1.807) is 0 Å². The first-order valence-electron chi connectivity index (χ1n) is 11.0. The summed E-state index contributed by atoms with van der Waals surface area (Å²) in [6.07, 6.45) is 6.69. The van der Waals surface area contributed by atoms with Gasteiger partial charge >= 0.3 is 0 Å². The van der Waals surface area contributed by atoms with Gasteiger partial charge < -0.3 is 5.32 Å². The largest absolute Gasteiger partial charge is 0.322 e. The van der Waals surface area contributed by atoms with Crippen LogP contribution in [0.1, 0.15) is 48.9 Å². The lowest BCUT2D eigenvalue weighted by molar-refractivity contribution is 0.154. The number of benzene rings is 1. The fourth-order valence-electron chi connectivity index (χ4n) is 5.08. The summed E-state index contributed by atoms with van der Waals surface area (Å²) in [5.41, 5.74) is 6.67. The molecule has 2 heterocycles. The third-order valence-corrected chi connectivity index (χ3v) is 8.48. The van der Waals surface area contributed by atoms with E-state index in [9.17, 15) is 8.42 Å². The third kappa shape index (κ3) is 3.42. The van der Waals surface area contributed by atoms with Crippen LogP contribution in [0.5, 0.6) is 0 Å². The van der Waals surface area contributed by atoms with Crippen LogP contribution < -0.4 is 5.32 Å². The first kappa shape index (κ1) is 20.0. The first-order valence-corrected chi connectivity index (χ1v) is 12.5. The van der Waals surface area contributed by atoms with E-state index in [-0.39, 0.29) is 5.16 Å². The monoisotopic (exact) mass is 430 g/mol. The number of anilines is 2. The van der Waals surface area contributed by atoms with E-state index in [0.717, 1.165) is 44.5 Å². The molecule has 3 aliphatic rings. The van der Waals surface area contributed by atoms with Gasteiger partial charge in [0.1, 0.15) is 0 Å². The van der Waals surface area contributed by atoms with Crippen molar-refractivity contribution in [2.45, 2.75) is 63.6 Å². The van der Waals surface area contributed by atoms with E-state index in [1.165, 1.54) is 39.4 Å². The Bertz CT molecular complexity index is 1020. The molecule has 0 amide bonds. The lowest BCUT2D eigenvalue weighted by Crippen LogP contribution is -2.50. The number of piperazine rings is 1. The van der Waals surface area contributed by atoms with E-state index in [0.29, 0.717) is 25.1 Å². The number of aromatic amines is 1. The molecule has 162 valence electrons. The van der Waals surface area contributed by atoms with Crippen molar-refractivity contribution in [2.75, 3.05) is 31.5 Å². The van der Waals surface area contributed by atoms with Crippen LogP contribution in [0.4, 0.5) is 11.6 Å². The molecular formula is C21H30N6O2S. The Morgan fingerprint density at radius 3 is 2.23 bits per heavy atom. The normalized spacial score (nSPS) is 20.0. The second-order valence-electron chi connectivity index (χ2n) is 8.86. The topological polar surface area (TPSA) is 94.2 Å². The lowest BCUT2D eigenvalue weighted by Gasteiger charge is -2.35. The Morgan fingerprint density at radius 2 is 1.63 bits per heavy atom. The molecule has 2 N–H and O–H groups in total. The highest BCUT2D eigenvalue weighted by Gasteiger charge is 2.32. The van der Waals surface area contributed by atoms with Gasteiger partial charge in [0.2, 0.25) is 5.95 Å². The molecular weight excluding hydrogens is 400 g/mol. The highest BCUT2D eigenvalue weighted by Crippen LogP contribution is 2.39. The van der Waals surface area contributed by atoms with Crippen molar-refractivity contribution >= 4 is 21.7 Å². The number of nitrogens with zero attached hydrogens (tertiary/aromatic N) is 4. The predicted octanol–water partition coefficient (Wildman–Crippen LogP) is 2.24. The van der Waals surface area contributed by atoms with Crippen molar-refractivity contribution in [1.29, 1.82) is 0 Å². The maximum atomic E-state index is 13.0. The zero-order valence-electron chi connectivity index (χ0n) is 17.7. The van der Waals surface area contributed by atoms with Crippen molar-refractivity contribution in [3.63, 3.8) is 0 Å². The van der Waals surface area contributed by atoms with Gasteiger partial charge in [0.25, 0.3) is 15.2 Å². The molecule has 2 aromatic rings. The molecule has 0 unspecified atom stereocenters. The summed E-state index contributed by atoms with van der Waals surface area (Å²) in [5, 5.41) is 10.2. The van der Waals surface area contributed by atoms with Gasteiger partial charge in [-0.25, -0.2) is 13.5 Å². The highest BCUT2D eigenvalue weighted by molar-refractivity contribution is 7.88. The molecule has 1 saturated heterocycles. The number of sulfonamides is 1. The zero-order valence-corrected chi connectivity index (χ0v) is 18.6. The second-order valence-corrected chi connectivity index (χ2v) is 10.7. The number of hydrogen-bond acceptors (Lipinski definition) is 6. The van der Waals surface area contributed by atoms with Gasteiger partial charge in [-0.1, -0.05) is 6.07 Å². The Labute approximate surface area is 178 Å². The lowest BCUT2D eigenvalue weighted by atomic mass is 9.99. The van der Waals surface area contributed by atoms with Gasteiger partial charge in [0.05, 0.1) is 0 Å². The van der Waals surface area contributed by atoms with Crippen LogP contribution >= 0.6 is 0 Å². The Kier molecular flexibility index (Phi) is 5.07. The van der Waals surface area contributed by atoms with Crippen LogP contribution in [0.15, 0.2) is 11.2 Å². The average Bonchev–Trinajstić information content (AvgIpc) is 3.48. The molecule has 0 radical (unpaired) electrons. The van der Waals surface area contributed by atoms with Crippen molar-refractivity contribution in [3.05, 3.63) is 28.3 Å². The molecule has 1 fully saturated rings. The maximum absolute atomic E-state index is 13.0. The molecule has 30 heavy (non-hydrogen) atoms. The van der Waals surface area contributed by atoms with Gasteiger partial charge in [0, 0.05) is 37.9 Å². The molecule has 0 atom stereocenters. The van der Waals surface area contributed by atoms with Crippen LogP contribution in [0, 0.1) is 0 Å².